The van der Waals surface area contributed by atoms with E-state index in [0.29, 0.717) is 5.69 Å². The summed E-state index contributed by atoms with van der Waals surface area (Å²) in [6.45, 7) is 4.01. The number of halogens is 1. The molecule has 0 fully saturated rings. The van der Waals surface area contributed by atoms with E-state index in [-0.39, 0.29) is 5.57 Å². The third kappa shape index (κ3) is 4.39. The monoisotopic (exact) mass is 517 g/mol. The maximum absolute atomic E-state index is 12.8. The SMILES string of the molecule is Cc1cc(/C=C(\C#N)C(=O)Nc2ccc3ccccc3c2)c(C)n1-c1ccc(I)cc1. The summed E-state index contributed by atoms with van der Waals surface area (Å²) in [5, 5.41) is 14.6. The van der Waals surface area contributed by atoms with Crippen molar-refractivity contribution in [1.82, 2.24) is 4.57 Å². The van der Waals surface area contributed by atoms with E-state index in [4.69, 9.17) is 0 Å². The second-order valence-corrected chi connectivity index (χ2v) is 8.57. The minimum Gasteiger partial charge on any atom is -0.321 e. The largest absolute Gasteiger partial charge is 0.321 e. The first kappa shape index (κ1) is 20.9. The van der Waals surface area contributed by atoms with Crippen LogP contribution < -0.4 is 5.32 Å². The van der Waals surface area contributed by atoms with Crippen molar-refractivity contribution in [3.05, 3.63) is 98.9 Å². The molecule has 0 atom stereocenters. The summed E-state index contributed by atoms with van der Waals surface area (Å²) in [6.07, 6.45) is 1.65. The molecule has 0 bridgehead atoms. The van der Waals surface area contributed by atoms with Crippen LogP contribution in [0.4, 0.5) is 5.69 Å². The fraction of sp³-hybridized carbons (Fsp3) is 0.0769. The third-order valence-corrected chi connectivity index (χ3v) is 5.95. The van der Waals surface area contributed by atoms with Gasteiger partial charge in [0.05, 0.1) is 0 Å². The average Bonchev–Trinajstić information content (AvgIpc) is 3.05. The van der Waals surface area contributed by atoms with Gasteiger partial charge in [0, 0.05) is 26.3 Å². The summed E-state index contributed by atoms with van der Waals surface area (Å²) in [7, 11) is 0. The number of nitrogens with zero attached hydrogens (tertiary/aromatic N) is 2. The summed E-state index contributed by atoms with van der Waals surface area (Å²) < 4.78 is 3.29. The smallest absolute Gasteiger partial charge is 0.266 e. The highest BCUT2D eigenvalue weighted by Gasteiger charge is 2.14. The van der Waals surface area contributed by atoms with Crippen LogP contribution in [0.1, 0.15) is 17.0 Å². The molecule has 1 aromatic heterocycles. The molecule has 0 aliphatic rings. The van der Waals surface area contributed by atoms with Gasteiger partial charge in [0.2, 0.25) is 0 Å². The van der Waals surface area contributed by atoms with Gasteiger partial charge in [-0.2, -0.15) is 5.26 Å². The van der Waals surface area contributed by atoms with Gasteiger partial charge < -0.3 is 9.88 Å². The molecule has 4 aromatic rings. The minimum atomic E-state index is -0.420. The molecule has 0 radical (unpaired) electrons. The molecule has 4 nitrogen and oxygen atoms in total. The predicted octanol–water partition coefficient (Wildman–Crippen LogP) is 6.40. The van der Waals surface area contributed by atoms with Crippen molar-refractivity contribution < 1.29 is 4.79 Å². The number of hydrogen-bond donors (Lipinski definition) is 1. The number of aromatic nitrogens is 1. The zero-order valence-corrected chi connectivity index (χ0v) is 19.3. The van der Waals surface area contributed by atoms with Gasteiger partial charge in [-0.15, -0.1) is 0 Å². The Bertz CT molecular complexity index is 1360. The number of nitrogens with one attached hydrogen (secondary N) is 1. The van der Waals surface area contributed by atoms with E-state index in [2.05, 4.69) is 56.7 Å². The molecule has 31 heavy (non-hydrogen) atoms. The lowest BCUT2D eigenvalue weighted by Gasteiger charge is -2.10. The van der Waals surface area contributed by atoms with E-state index in [9.17, 15) is 10.1 Å². The topological polar surface area (TPSA) is 57.8 Å². The van der Waals surface area contributed by atoms with Crippen LogP contribution in [-0.2, 0) is 4.79 Å². The number of carbonyl (C=O) groups is 1. The van der Waals surface area contributed by atoms with E-state index >= 15 is 0 Å². The number of carbonyl (C=O) groups excluding carboxylic acids is 1. The lowest BCUT2D eigenvalue weighted by Crippen LogP contribution is -2.13. The Labute approximate surface area is 195 Å². The van der Waals surface area contributed by atoms with Crippen molar-refractivity contribution in [2.75, 3.05) is 5.32 Å². The van der Waals surface area contributed by atoms with Crippen LogP contribution >= 0.6 is 22.6 Å². The van der Waals surface area contributed by atoms with Crippen LogP contribution in [0, 0.1) is 28.7 Å². The standard InChI is InChI=1S/C26H20IN3O/c1-17-13-21(18(2)30(17)25-11-8-23(27)9-12-25)14-22(16-28)26(31)29-24-10-7-19-5-3-4-6-20(19)15-24/h3-15H,1-2H3,(H,29,31)/b22-14+. The Morgan fingerprint density at radius 3 is 2.42 bits per heavy atom. The molecule has 1 heterocycles. The number of benzene rings is 3. The first-order chi connectivity index (χ1) is 15.0. The molecule has 1 N–H and O–H groups in total. The molecule has 152 valence electrons. The second-order valence-electron chi connectivity index (χ2n) is 7.32. The molecule has 0 saturated heterocycles. The molecule has 0 unspecified atom stereocenters. The average molecular weight is 517 g/mol. The van der Waals surface area contributed by atoms with Crippen LogP contribution in [0.3, 0.4) is 0 Å². The highest BCUT2D eigenvalue weighted by atomic mass is 127. The van der Waals surface area contributed by atoms with Crippen LogP contribution in [0.25, 0.3) is 22.5 Å². The van der Waals surface area contributed by atoms with Crippen LogP contribution in [0.15, 0.2) is 78.4 Å². The van der Waals surface area contributed by atoms with Gasteiger partial charge in [-0.25, -0.2) is 0 Å². The lowest BCUT2D eigenvalue weighted by atomic mass is 10.1. The van der Waals surface area contributed by atoms with E-state index in [1.165, 1.54) is 3.57 Å². The molecule has 5 heteroatoms. The van der Waals surface area contributed by atoms with Crippen LogP contribution in [0.2, 0.25) is 0 Å². The maximum atomic E-state index is 12.8. The fourth-order valence-corrected chi connectivity index (χ4v) is 4.05. The zero-order valence-electron chi connectivity index (χ0n) is 17.2. The fourth-order valence-electron chi connectivity index (χ4n) is 3.69. The highest BCUT2D eigenvalue weighted by Crippen LogP contribution is 2.24. The quantitative estimate of drug-likeness (QED) is 0.194. The summed E-state index contributed by atoms with van der Waals surface area (Å²) >= 11 is 2.28. The van der Waals surface area contributed by atoms with E-state index in [0.717, 1.165) is 33.4 Å². The molecule has 0 spiro atoms. The number of amides is 1. The zero-order chi connectivity index (χ0) is 22.0. The van der Waals surface area contributed by atoms with E-state index in [1.54, 1.807) is 6.08 Å². The summed E-state index contributed by atoms with van der Waals surface area (Å²) in [5.41, 5.74) is 4.64. The van der Waals surface area contributed by atoms with Gasteiger partial charge in [-0.05, 0) is 101 Å². The number of nitriles is 1. The molecule has 0 saturated carbocycles. The number of aryl methyl sites for hydroxylation is 1. The van der Waals surface area contributed by atoms with Gasteiger partial charge in [0.15, 0.2) is 0 Å². The molecule has 0 aliphatic carbocycles. The van der Waals surface area contributed by atoms with Gasteiger partial charge >= 0.3 is 0 Å². The van der Waals surface area contributed by atoms with Gasteiger partial charge in [0.1, 0.15) is 11.6 Å². The number of fused-ring (bicyclic) bond motifs is 1. The third-order valence-electron chi connectivity index (χ3n) is 5.23. The molecular weight excluding hydrogens is 497 g/mol. The van der Waals surface area contributed by atoms with Gasteiger partial charge in [-0.1, -0.05) is 30.3 Å². The Hall–Kier alpha value is -3.37. The van der Waals surface area contributed by atoms with Crippen LogP contribution in [0.5, 0.6) is 0 Å². The van der Waals surface area contributed by atoms with Gasteiger partial charge in [-0.3, -0.25) is 4.79 Å². The van der Waals surface area contributed by atoms with Crippen molar-refractivity contribution in [3.8, 4) is 11.8 Å². The molecular formula is C26H20IN3O. The molecule has 4 rings (SSSR count). The van der Waals surface area contributed by atoms with Crippen molar-refractivity contribution in [1.29, 1.82) is 5.26 Å². The minimum absolute atomic E-state index is 0.0658. The highest BCUT2D eigenvalue weighted by molar-refractivity contribution is 14.1. The second kappa shape index (κ2) is 8.78. The molecule has 0 aliphatic heterocycles. The Morgan fingerprint density at radius 1 is 1.00 bits per heavy atom. The normalized spacial score (nSPS) is 11.4. The van der Waals surface area contributed by atoms with Crippen molar-refractivity contribution in [2.24, 2.45) is 0 Å². The number of hydrogen-bond acceptors (Lipinski definition) is 2. The first-order valence-corrected chi connectivity index (χ1v) is 10.9. The molecule has 3 aromatic carbocycles. The van der Waals surface area contributed by atoms with Crippen molar-refractivity contribution in [2.45, 2.75) is 13.8 Å². The van der Waals surface area contributed by atoms with Crippen LogP contribution in [-0.4, -0.2) is 10.5 Å². The summed E-state index contributed by atoms with van der Waals surface area (Å²) in [4.78, 5) is 12.8. The molecule has 1 amide bonds. The summed E-state index contributed by atoms with van der Waals surface area (Å²) in [5.74, 6) is -0.420. The van der Waals surface area contributed by atoms with E-state index < -0.39 is 5.91 Å². The summed E-state index contributed by atoms with van der Waals surface area (Å²) in [6, 6.07) is 25.9. The maximum Gasteiger partial charge on any atom is 0.266 e. The number of rotatable bonds is 4. The first-order valence-electron chi connectivity index (χ1n) is 9.83. The van der Waals surface area contributed by atoms with Crippen molar-refractivity contribution >= 4 is 51.0 Å². The predicted molar refractivity (Wildman–Crippen MR) is 134 cm³/mol. The lowest BCUT2D eigenvalue weighted by molar-refractivity contribution is -0.112. The van der Waals surface area contributed by atoms with Crippen molar-refractivity contribution in [3.63, 3.8) is 0 Å². The Balaban J connectivity index is 1.63. The Morgan fingerprint density at radius 2 is 1.71 bits per heavy atom. The van der Waals surface area contributed by atoms with Gasteiger partial charge in [0.25, 0.3) is 5.91 Å². The number of anilines is 1. The van der Waals surface area contributed by atoms with E-state index in [1.807, 2.05) is 68.4 Å². The Kier molecular flexibility index (Phi) is 5.92.